The summed E-state index contributed by atoms with van der Waals surface area (Å²) in [6.45, 7) is 3.66. The van der Waals surface area contributed by atoms with Crippen LogP contribution in [0.25, 0.3) is 0 Å². The Hall–Kier alpha value is -1.47. The predicted octanol–water partition coefficient (Wildman–Crippen LogP) is 12.8. The van der Waals surface area contributed by atoms with Gasteiger partial charge in [0.15, 0.2) is 6.10 Å². The maximum atomic E-state index is 12.4. The van der Waals surface area contributed by atoms with Crippen LogP contribution in [0.5, 0.6) is 0 Å². The van der Waals surface area contributed by atoms with Crippen molar-refractivity contribution in [3.63, 3.8) is 0 Å². The molecule has 0 unspecified atom stereocenters. The highest BCUT2D eigenvalue weighted by Gasteiger charge is 2.22. The fourth-order valence-corrected chi connectivity index (χ4v) is 6.37. The molecule has 0 heterocycles. The van der Waals surface area contributed by atoms with Gasteiger partial charge in [-0.3, -0.25) is 14.1 Å². The molecule has 9 heteroatoms. The van der Waals surface area contributed by atoms with Crippen LogP contribution >= 0.6 is 7.82 Å². The van der Waals surface area contributed by atoms with E-state index in [1.807, 2.05) is 0 Å². The molecule has 0 saturated carbocycles. The van der Waals surface area contributed by atoms with Crippen LogP contribution in [0.1, 0.15) is 213 Å². The molecule has 1 atom stereocenters. The van der Waals surface area contributed by atoms with E-state index in [0.29, 0.717) is 6.42 Å². The molecule has 0 fully saturated rings. The van der Waals surface area contributed by atoms with Gasteiger partial charge in [-0.15, -0.1) is 0 Å². The minimum Gasteiger partial charge on any atom is -0.462 e. The number of allylic oxidation sites excluding steroid dienone is 4. The first-order valence-corrected chi connectivity index (χ1v) is 22.7. The molecule has 0 aromatic heterocycles. The number of rotatable bonds is 39. The quantitative estimate of drug-likeness (QED) is 0.0276. The summed E-state index contributed by atoms with van der Waals surface area (Å²) in [5, 5.41) is 0. The van der Waals surface area contributed by atoms with Crippen molar-refractivity contribution in [2.75, 3.05) is 13.2 Å². The number of ether oxygens (including phenoxy) is 2. The van der Waals surface area contributed by atoms with Crippen LogP contribution in [0.15, 0.2) is 24.3 Å². The van der Waals surface area contributed by atoms with E-state index in [-0.39, 0.29) is 19.4 Å². The zero-order valence-corrected chi connectivity index (χ0v) is 33.9. The molecule has 0 aromatic rings. The second-order valence-electron chi connectivity index (χ2n) is 14.3. The Balaban J connectivity index is 3.84. The van der Waals surface area contributed by atoms with Gasteiger partial charge >= 0.3 is 19.8 Å². The molecular formula is C42H79O8P. The van der Waals surface area contributed by atoms with E-state index in [4.69, 9.17) is 19.3 Å². The average molecular weight is 743 g/mol. The highest BCUT2D eigenvalue weighted by atomic mass is 31.2. The second kappa shape index (κ2) is 38.3. The van der Waals surface area contributed by atoms with Gasteiger partial charge in [-0.1, -0.05) is 160 Å². The molecule has 0 aliphatic rings. The molecule has 0 bridgehead atoms. The molecule has 8 nitrogen and oxygen atoms in total. The molecular weight excluding hydrogens is 663 g/mol. The maximum Gasteiger partial charge on any atom is 0.469 e. The molecule has 300 valence electrons. The standard InChI is InChI=1S/C42H79O8P/c1-3-5-7-9-11-13-15-17-18-19-20-21-22-23-24-25-27-28-30-32-34-36-41(43)48-38-40(39-49-51(45,46)47)50-42(44)37-35-33-31-29-26-16-14-12-10-8-6-4-2/h12,14,17-18,40H,3-11,13,15-16,19-39H2,1-2H3,(H2,45,46,47)/b14-12+,18-17+/t40-/m1/s1. The van der Waals surface area contributed by atoms with Crippen molar-refractivity contribution in [1.82, 2.24) is 0 Å². The number of hydrogen-bond acceptors (Lipinski definition) is 6. The number of unbranched alkanes of at least 4 members (excludes halogenated alkanes) is 25. The molecule has 0 rings (SSSR count). The van der Waals surface area contributed by atoms with Crippen molar-refractivity contribution >= 4 is 19.8 Å². The van der Waals surface area contributed by atoms with Crippen molar-refractivity contribution in [3.8, 4) is 0 Å². The normalized spacial score (nSPS) is 12.6. The van der Waals surface area contributed by atoms with Gasteiger partial charge in [-0.2, -0.15) is 0 Å². The van der Waals surface area contributed by atoms with Crippen LogP contribution in [0.3, 0.4) is 0 Å². The minimum absolute atomic E-state index is 0.203. The van der Waals surface area contributed by atoms with E-state index >= 15 is 0 Å². The lowest BCUT2D eigenvalue weighted by Crippen LogP contribution is -2.29. The molecule has 0 spiro atoms. The number of carbonyl (C=O) groups is 2. The Morgan fingerprint density at radius 1 is 0.490 bits per heavy atom. The van der Waals surface area contributed by atoms with Gasteiger partial charge in [0.2, 0.25) is 0 Å². The summed E-state index contributed by atoms with van der Waals surface area (Å²) in [4.78, 5) is 42.8. The first kappa shape index (κ1) is 49.5. The van der Waals surface area contributed by atoms with Crippen LogP contribution in [-0.4, -0.2) is 41.0 Å². The highest BCUT2D eigenvalue weighted by Crippen LogP contribution is 2.36. The van der Waals surface area contributed by atoms with E-state index in [1.165, 1.54) is 122 Å². The van der Waals surface area contributed by atoms with E-state index in [2.05, 4.69) is 42.7 Å². The Labute approximate surface area is 313 Å². The number of hydrogen-bond donors (Lipinski definition) is 2. The monoisotopic (exact) mass is 743 g/mol. The molecule has 0 aliphatic carbocycles. The average Bonchev–Trinajstić information content (AvgIpc) is 3.10. The topological polar surface area (TPSA) is 119 Å². The Morgan fingerprint density at radius 2 is 0.824 bits per heavy atom. The van der Waals surface area contributed by atoms with Gasteiger partial charge in [0.05, 0.1) is 6.61 Å². The van der Waals surface area contributed by atoms with E-state index in [9.17, 15) is 14.2 Å². The summed E-state index contributed by atoms with van der Waals surface area (Å²) in [6.07, 6.45) is 43.3. The van der Waals surface area contributed by atoms with Gasteiger partial charge in [-0.05, 0) is 64.2 Å². The van der Waals surface area contributed by atoms with Gasteiger partial charge < -0.3 is 19.3 Å². The highest BCUT2D eigenvalue weighted by molar-refractivity contribution is 7.46. The van der Waals surface area contributed by atoms with Crippen molar-refractivity contribution in [1.29, 1.82) is 0 Å². The van der Waals surface area contributed by atoms with Crippen molar-refractivity contribution < 1.29 is 37.9 Å². The summed E-state index contributed by atoms with van der Waals surface area (Å²) in [7, 11) is -4.75. The Morgan fingerprint density at radius 3 is 1.24 bits per heavy atom. The first-order chi connectivity index (χ1) is 24.8. The van der Waals surface area contributed by atoms with Crippen molar-refractivity contribution in [2.45, 2.75) is 219 Å². The number of esters is 2. The van der Waals surface area contributed by atoms with Crippen LogP contribution in [0, 0.1) is 0 Å². The van der Waals surface area contributed by atoms with E-state index in [0.717, 1.165) is 57.8 Å². The van der Waals surface area contributed by atoms with Crippen LogP contribution in [-0.2, 0) is 28.2 Å². The van der Waals surface area contributed by atoms with Crippen LogP contribution in [0.4, 0.5) is 0 Å². The second-order valence-corrected chi connectivity index (χ2v) is 15.5. The Bertz CT molecular complexity index is 884. The lowest BCUT2D eigenvalue weighted by molar-refractivity contribution is -0.161. The zero-order chi connectivity index (χ0) is 37.5. The lowest BCUT2D eigenvalue weighted by atomic mass is 10.0. The fraction of sp³-hybridized carbons (Fsp3) is 0.857. The lowest BCUT2D eigenvalue weighted by Gasteiger charge is -2.18. The van der Waals surface area contributed by atoms with Crippen molar-refractivity contribution in [3.05, 3.63) is 24.3 Å². The van der Waals surface area contributed by atoms with Gasteiger partial charge in [-0.25, -0.2) is 4.57 Å². The molecule has 2 N–H and O–H groups in total. The van der Waals surface area contributed by atoms with E-state index < -0.39 is 32.5 Å². The molecule has 0 aliphatic heterocycles. The third-order valence-electron chi connectivity index (χ3n) is 9.19. The van der Waals surface area contributed by atoms with E-state index in [1.54, 1.807) is 0 Å². The fourth-order valence-electron chi connectivity index (χ4n) is 6.01. The number of phosphoric ester groups is 1. The molecule has 51 heavy (non-hydrogen) atoms. The summed E-state index contributed by atoms with van der Waals surface area (Å²) >= 11 is 0. The van der Waals surface area contributed by atoms with Gasteiger partial charge in [0.1, 0.15) is 6.61 Å². The largest absolute Gasteiger partial charge is 0.469 e. The predicted molar refractivity (Wildman–Crippen MR) is 212 cm³/mol. The van der Waals surface area contributed by atoms with Crippen molar-refractivity contribution in [2.24, 2.45) is 0 Å². The number of phosphoric acid groups is 1. The summed E-state index contributed by atoms with van der Waals surface area (Å²) < 4.78 is 26.3. The summed E-state index contributed by atoms with van der Waals surface area (Å²) in [5.74, 6) is -0.890. The Kier molecular flexibility index (Phi) is 37.2. The maximum absolute atomic E-state index is 12.4. The summed E-state index contributed by atoms with van der Waals surface area (Å²) in [6, 6.07) is 0. The SMILES string of the molecule is CCCCC/C=C/CCCCCCCC(=O)O[C@H](COC(=O)CCCCCCCCCCCCC/C=C/CCCCCCCC)COP(=O)(O)O. The van der Waals surface area contributed by atoms with Gasteiger partial charge in [0.25, 0.3) is 0 Å². The minimum atomic E-state index is -4.75. The first-order valence-electron chi connectivity index (χ1n) is 21.1. The van der Waals surface area contributed by atoms with Crippen LogP contribution < -0.4 is 0 Å². The molecule has 0 radical (unpaired) electrons. The molecule has 0 amide bonds. The molecule has 0 aromatic carbocycles. The zero-order valence-electron chi connectivity index (χ0n) is 33.0. The van der Waals surface area contributed by atoms with Gasteiger partial charge in [0, 0.05) is 12.8 Å². The smallest absolute Gasteiger partial charge is 0.462 e. The number of carbonyl (C=O) groups excluding carboxylic acids is 2. The molecule has 0 saturated heterocycles. The summed E-state index contributed by atoms with van der Waals surface area (Å²) in [5.41, 5.74) is 0. The third-order valence-corrected chi connectivity index (χ3v) is 9.68. The van der Waals surface area contributed by atoms with Crippen LogP contribution in [0.2, 0.25) is 0 Å². The third kappa shape index (κ3) is 41.2.